The van der Waals surface area contributed by atoms with Crippen LogP contribution in [0.4, 0.5) is 0 Å². The van der Waals surface area contributed by atoms with Crippen LogP contribution in [0.5, 0.6) is 0 Å². The molecule has 10 heteroatoms. The lowest BCUT2D eigenvalue weighted by Crippen LogP contribution is -2.64. The molecule has 21 heavy (non-hydrogen) atoms. The van der Waals surface area contributed by atoms with Crippen LogP contribution in [0.15, 0.2) is 0 Å². The summed E-state index contributed by atoms with van der Waals surface area (Å²) in [5.41, 5.74) is 0. The van der Waals surface area contributed by atoms with E-state index in [2.05, 4.69) is 5.32 Å². The molecule has 9 nitrogen and oxygen atoms in total. The van der Waals surface area contributed by atoms with Crippen molar-refractivity contribution in [1.82, 2.24) is 5.32 Å². The Balaban J connectivity index is 2.98. The van der Waals surface area contributed by atoms with Crippen molar-refractivity contribution in [3.63, 3.8) is 0 Å². The molecule has 0 unspecified atom stereocenters. The average molecular weight is 327 g/mol. The van der Waals surface area contributed by atoms with E-state index in [1.807, 2.05) is 0 Å². The molecule has 4 N–H and O–H groups in total. The van der Waals surface area contributed by atoms with Crippen molar-refractivity contribution in [2.75, 3.05) is 27.0 Å². The first-order chi connectivity index (χ1) is 9.77. The van der Waals surface area contributed by atoms with E-state index >= 15 is 0 Å². The Morgan fingerprint density at radius 1 is 1.24 bits per heavy atom. The topological polar surface area (TPSA) is 135 Å². The summed E-state index contributed by atoms with van der Waals surface area (Å²) in [7, 11) is -1.06. The van der Waals surface area contributed by atoms with Crippen molar-refractivity contribution < 1.29 is 38.5 Å². The number of rotatable bonds is 6. The van der Waals surface area contributed by atoms with Crippen LogP contribution >= 0.6 is 7.60 Å². The molecule has 1 aliphatic heterocycles. The molecule has 1 saturated heterocycles. The van der Waals surface area contributed by atoms with Crippen molar-refractivity contribution >= 4 is 13.5 Å². The standard InChI is InChI=1S/C11H22NO8P/c1-6(14)12-9-8(5-21(17,18-2)19-3)20-7(4-13)10(15)11(9)16/h7-11,13,15-16H,4-5H2,1-3H3,(H,12,14)/t7-,8+,9+,10+,11-/m1/s1. The van der Waals surface area contributed by atoms with E-state index in [9.17, 15) is 19.6 Å². The number of carbonyl (C=O) groups is 1. The maximum absolute atomic E-state index is 12.2. The highest BCUT2D eigenvalue weighted by Gasteiger charge is 2.47. The molecule has 0 aromatic heterocycles. The molecule has 1 aliphatic rings. The Hall–Kier alpha value is -0.540. The number of aliphatic hydroxyl groups is 3. The van der Waals surface area contributed by atoms with Gasteiger partial charge in [-0.05, 0) is 0 Å². The first-order valence-electron chi connectivity index (χ1n) is 6.38. The summed E-state index contributed by atoms with van der Waals surface area (Å²) >= 11 is 0. The summed E-state index contributed by atoms with van der Waals surface area (Å²) in [6.07, 6.45) is -5.02. The molecule has 0 aliphatic carbocycles. The summed E-state index contributed by atoms with van der Waals surface area (Å²) < 4.78 is 27.2. The lowest BCUT2D eigenvalue weighted by atomic mass is 9.93. The molecular formula is C11H22NO8P. The van der Waals surface area contributed by atoms with Crippen LogP contribution in [-0.4, -0.2) is 78.7 Å². The Kier molecular flexibility index (Phi) is 6.73. The molecule has 1 heterocycles. The van der Waals surface area contributed by atoms with Gasteiger partial charge in [-0.2, -0.15) is 0 Å². The fourth-order valence-corrected chi connectivity index (χ4v) is 3.41. The minimum Gasteiger partial charge on any atom is -0.394 e. The van der Waals surface area contributed by atoms with Gasteiger partial charge in [0.2, 0.25) is 5.91 Å². The summed E-state index contributed by atoms with van der Waals surface area (Å²) in [6.45, 7) is 0.701. The molecule has 5 atom stereocenters. The fourth-order valence-electron chi connectivity index (χ4n) is 2.21. The Morgan fingerprint density at radius 3 is 2.24 bits per heavy atom. The normalized spacial score (nSPS) is 33.7. The monoisotopic (exact) mass is 327 g/mol. The maximum atomic E-state index is 12.2. The van der Waals surface area contributed by atoms with Crippen LogP contribution in [-0.2, 0) is 23.1 Å². The SMILES string of the molecule is COP(=O)(C[C@@H]1O[C@H](CO)[C@H](O)[C@H](O)[C@H]1NC(C)=O)OC. The van der Waals surface area contributed by atoms with Gasteiger partial charge in [-0.25, -0.2) is 0 Å². The minimum atomic E-state index is -3.46. The second-order valence-corrected chi connectivity index (χ2v) is 7.08. The largest absolute Gasteiger partial charge is 0.394 e. The lowest BCUT2D eigenvalue weighted by Gasteiger charge is -2.43. The third-order valence-corrected chi connectivity index (χ3v) is 5.28. The van der Waals surface area contributed by atoms with Crippen molar-refractivity contribution in [3.05, 3.63) is 0 Å². The van der Waals surface area contributed by atoms with Crippen molar-refractivity contribution in [3.8, 4) is 0 Å². The van der Waals surface area contributed by atoms with Gasteiger partial charge in [0, 0.05) is 21.1 Å². The van der Waals surface area contributed by atoms with E-state index in [0.717, 1.165) is 0 Å². The summed E-state index contributed by atoms with van der Waals surface area (Å²) in [5.74, 6) is -0.452. The van der Waals surface area contributed by atoms with Crippen LogP contribution in [0.1, 0.15) is 6.92 Å². The number of hydrogen-bond acceptors (Lipinski definition) is 8. The molecule has 0 radical (unpaired) electrons. The zero-order valence-electron chi connectivity index (χ0n) is 12.1. The van der Waals surface area contributed by atoms with Gasteiger partial charge in [0.15, 0.2) is 0 Å². The molecule has 1 fully saturated rings. The lowest BCUT2D eigenvalue weighted by molar-refractivity contribution is -0.190. The average Bonchev–Trinajstić information content (AvgIpc) is 2.46. The van der Waals surface area contributed by atoms with E-state index < -0.39 is 50.6 Å². The molecule has 1 rings (SSSR count). The number of hydrogen-bond donors (Lipinski definition) is 4. The van der Waals surface area contributed by atoms with Crippen LogP contribution in [0.25, 0.3) is 0 Å². The third-order valence-electron chi connectivity index (χ3n) is 3.36. The number of amides is 1. The summed E-state index contributed by atoms with van der Waals surface area (Å²) in [5, 5.41) is 31.5. The van der Waals surface area contributed by atoms with Gasteiger partial charge in [-0.1, -0.05) is 0 Å². The predicted octanol–water partition coefficient (Wildman–Crippen LogP) is -1.54. The highest BCUT2D eigenvalue weighted by molar-refractivity contribution is 7.53. The minimum absolute atomic E-state index is 0.245. The predicted molar refractivity (Wildman–Crippen MR) is 71.9 cm³/mol. The van der Waals surface area contributed by atoms with Gasteiger partial charge in [0.1, 0.15) is 18.3 Å². The van der Waals surface area contributed by atoms with Gasteiger partial charge in [-0.3, -0.25) is 9.36 Å². The first kappa shape index (κ1) is 18.5. The van der Waals surface area contributed by atoms with Gasteiger partial charge >= 0.3 is 7.60 Å². The molecule has 0 saturated carbocycles. The van der Waals surface area contributed by atoms with Crippen LogP contribution < -0.4 is 5.32 Å². The second kappa shape index (κ2) is 7.64. The summed E-state index contributed by atoms with van der Waals surface area (Å²) in [6, 6.07) is -1.00. The smallest absolute Gasteiger partial charge is 0.332 e. The zero-order valence-corrected chi connectivity index (χ0v) is 13.0. The maximum Gasteiger partial charge on any atom is 0.332 e. The van der Waals surface area contributed by atoms with E-state index in [1.165, 1.54) is 21.1 Å². The number of nitrogens with one attached hydrogen (secondary N) is 1. The van der Waals surface area contributed by atoms with E-state index in [0.29, 0.717) is 0 Å². The number of ether oxygens (including phenoxy) is 1. The Bertz CT molecular complexity index is 398. The van der Waals surface area contributed by atoms with Gasteiger partial charge in [0.05, 0.1) is 24.9 Å². The molecule has 124 valence electrons. The third kappa shape index (κ3) is 4.46. The quantitative estimate of drug-likeness (QED) is 0.431. The van der Waals surface area contributed by atoms with Crippen molar-refractivity contribution in [2.45, 2.75) is 37.4 Å². The van der Waals surface area contributed by atoms with Crippen molar-refractivity contribution in [2.24, 2.45) is 0 Å². The van der Waals surface area contributed by atoms with Crippen LogP contribution in [0.2, 0.25) is 0 Å². The Morgan fingerprint density at radius 2 is 1.81 bits per heavy atom. The molecule has 0 spiro atoms. The van der Waals surface area contributed by atoms with Gasteiger partial charge in [0.25, 0.3) is 0 Å². The highest BCUT2D eigenvalue weighted by Crippen LogP contribution is 2.48. The van der Waals surface area contributed by atoms with Crippen LogP contribution in [0, 0.1) is 0 Å². The highest BCUT2D eigenvalue weighted by atomic mass is 31.2. The van der Waals surface area contributed by atoms with Crippen molar-refractivity contribution in [1.29, 1.82) is 0 Å². The first-order valence-corrected chi connectivity index (χ1v) is 8.11. The molecule has 0 bridgehead atoms. The zero-order chi connectivity index (χ0) is 16.2. The van der Waals surface area contributed by atoms with E-state index in [1.54, 1.807) is 0 Å². The van der Waals surface area contributed by atoms with Gasteiger partial charge < -0.3 is 34.4 Å². The number of carbonyl (C=O) groups excluding carboxylic acids is 1. The van der Waals surface area contributed by atoms with E-state index in [4.69, 9.17) is 18.9 Å². The van der Waals surface area contributed by atoms with Crippen LogP contribution in [0.3, 0.4) is 0 Å². The molecule has 0 aromatic rings. The Labute approximate surface area is 122 Å². The summed E-state index contributed by atoms with van der Waals surface area (Å²) in [4.78, 5) is 11.2. The molecule has 1 amide bonds. The van der Waals surface area contributed by atoms with Gasteiger partial charge in [-0.15, -0.1) is 0 Å². The second-order valence-electron chi connectivity index (χ2n) is 4.76. The molecule has 0 aromatic carbocycles. The molecular weight excluding hydrogens is 305 g/mol. The number of aliphatic hydroxyl groups excluding tert-OH is 3. The fraction of sp³-hybridized carbons (Fsp3) is 0.909. The van der Waals surface area contributed by atoms with E-state index in [-0.39, 0.29) is 6.16 Å².